The molecule has 2 aromatic rings. The van der Waals surface area contributed by atoms with E-state index < -0.39 is 0 Å². The fourth-order valence-corrected chi connectivity index (χ4v) is 3.26. The maximum atomic E-state index is 5.34. The van der Waals surface area contributed by atoms with E-state index in [1.807, 2.05) is 18.4 Å². The summed E-state index contributed by atoms with van der Waals surface area (Å²) < 4.78 is 5.34. The first-order chi connectivity index (χ1) is 9.26. The lowest BCUT2D eigenvalue weighted by atomic mass is 9.92. The Bertz CT molecular complexity index is 507. The molecule has 0 aliphatic rings. The molecular formula is C16H21NOS. The van der Waals surface area contributed by atoms with E-state index in [-0.39, 0.29) is 0 Å². The number of hydrogen-bond acceptors (Lipinski definition) is 3. The summed E-state index contributed by atoms with van der Waals surface area (Å²) in [5, 5.41) is 5.40. The minimum atomic E-state index is 0.469. The van der Waals surface area contributed by atoms with Gasteiger partial charge in [-0.3, -0.25) is 0 Å². The molecule has 0 amide bonds. The maximum Gasteiger partial charge on any atom is 0.121 e. The van der Waals surface area contributed by atoms with Crippen LogP contribution in [0.5, 0.6) is 5.75 Å². The van der Waals surface area contributed by atoms with Gasteiger partial charge >= 0.3 is 0 Å². The highest BCUT2D eigenvalue weighted by molar-refractivity contribution is 7.10. The molecule has 1 aromatic heterocycles. The van der Waals surface area contributed by atoms with Crippen LogP contribution in [0.1, 0.15) is 28.3 Å². The Balaban J connectivity index is 2.30. The number of rotatable bonds is 6. The average Bonchev–Trinajstić information content (AvgIpc) is 2.93. The van der Waals surface area contributed by atoms with Crippen molar-refractivity contribution in [3.8, 4) is 5.75 Å². The van der Waals surface area contributed by atoms with Gasteiger partial charge in [-0.25, -0.2) is 0 Å². The molecule has 0 saturated heterocycles. The van der Waals surface area contributed by atoms with Gasteiger partial charge in [-0.05, 0) is 55.6 Å². The average molecular weight is 275 g/mol. The lowest BCUT2D eigenvalue weighted by Gasteiger charge is -2.17. The standard InChI is InChI=1S/C16H21NOS/c1-12-11-13(6-7-15(12)18-3)14(8-9-17-2)16-5-4-10-19-16/h4-7,10-11,14,17H,8-9H2,1-3H3. The van der Waals surface area contributed by atoms with Gasteiger partial charge < -0.3 is 10.1 Å². The van der Waals surface area contributed by atoms with E-state index in [1.54, 1.807) is 7.11 Å². The Labute approximate surface area is 119 Å². The van der Waals surface area contributed by atoms with E-state index in [4.69, 9.17) is 4.74 Å². The van der Waals surface area contributed by atoms with Crippen molar-refractivity contribution < 1.29 is 4.74 Å². The topological polar surface area (TPSA) is 21.3 Å². The van der Waals surface area contributed by atoms with Crippen molar-refractivity contribution in [2.24, 2.45) is 0 Å². The first-order valence-electron chi connectivity index (χ1n) is 6.58. The quantitative estimate of drug-likeness (QED) is 0.865. The molecule has 2 nitrogen and oxygen atoms in total. The van der Waals surface area contributed by atoms with Crippen molar-refractivity contribution in [2.75, 3.05) is 20.7 Å². The third kappa shape index (κ3) is 3.37. The number of hydrogen-bond donors (Lipinski definition) is 1. The Morgan fingerprint density at radius 2 is 2.16 bits per heavy atom. The first-order valence-corrected chi connectivity index (χ1v) is 7.46. The van der Waals surface area contributed by atoms with Crippen molar-refractivity contribution in [3.05, 3.63) is 51.7 Å². The van der Waals surface area contributed by atoms with Crippen LogP contribution in [0.2, 0.25) is 0 Å². The van der Waals surface area contributed by atoms with Crippen LogP contribution in [0.15, 0.2) is 35.7 Å². The summed E-state index contributed by atoms with van der Waals surface area (Å²) >= 11 is 1.83. The maximum absolute atomic E-state index is 5.34. The van der Waals surface area contributed by atoms with E-state index in [9.17, 15) is 0 Å². The normalized spacial score (nSPS) is 12.4. The number of aryl methyl sites for hydroxylation is 1. The molecular weight excluding hydrogens is 254 g/mol. The fraction of sp³-hybridized carbons (Fsp3) is 0.375. The van der Waals surface area contributed by atoms with Crippen LogP contribution >= 0.6 is 11.3 Å². The predicted molar refractivity (Wildman–Crippen MR) is 82.4 cm³/mol. The van der Waals surface area contributed by atoms with Crippen LogP contribution in [-0.2, 0) is 0 Å². The highest BCUT2D eigenvalue weighted by Gasteiger charge is 2.15. The first kappa shape index (κ1) is 14.1. The Morgan fingerprint density at radius 3 is 2.74 bits per heavy atom. The van der Waals surface area contributed by atoms with Crippen molar-refractivity contribution in [1.29, 1.82) is 0 Å². The summed E-state index contributed by atoms with van der Waals surface area (Å²) in [7, 11) is 3.73. The zero-order valence-corrected chi connectivity index (χ0v) is 12.6. The van der Waals surface area contributed by atoms with Gasteiger partial charge in [0, 0.05) is 10.8 Å². The number of benzene rings is 1. The van der Waals surface area contributed by atoms with Crippen LogP contribution in [-0.4, -0.2) is 20.7 Å². The van der Waals surface area contributed by atoms with Crippen LogP contribution in [0.4, 0.5) is 0 Å². The molecule has 1 aromatic carbocycles. The minimum absolute atomic E-state index is 0.469. The molecule has 0 aliphatic heterocycles. The van der Waals surface area contributed by atoms with Gasteiger partial charge in [-0.2, -0.15) is 0 Å². The van der Waals surface area contributed by atoms with Gasteiger partial charge in [0.05, 0.1) is 7.11 Å². The second-order valence-electron chi connectivity index (χ2n) is 4.69. The lowest BCUT2D eigenvalue weighted by molar-refractivity contribution is 0.411. The lowest BCUT2D eigenvalue weighted by Crippen LogP contribution is -2.12. The van der Waals surface area contributed by atoms with Gasteiger partial charge in [0.15, 0.2) is 0 Å². The van der Waals surface area contributed by atoms with Crippen LogP contribution < -0.4 is 10.1 Å². The fourth-order valence-electron chi connectivity index (χ4n) is 2.37. The van der Waals surface area contributed by atoms with Gasteiger partial charge in [0.2, 0.25) is 0 Å². The number of nitrogens with one attached hydrogen (secondary N) is 1. The molecule has 3 heteroatoms. The zero-order valence-electron chi connectivity index (χ0n) is 11.8. The van der Waals surface area contributed by atoms with Crippen LogP contribution in [0.25, 0.3) is 0 Å². The van der Waals surface area contributed by atoms with E-state index in [1.165, 1.54) is 16.0 Å². The summed E-state index contributed by atoms with van der Waals surface area (Å²) in [6, 6.07) is 10.9. The number of thiophene rings is 1. The van der Waals surface area contributed by atoms with Crippen molar-refractivity contribution in [1.82, 2.24) is 5.32 Å². The molecule has 1 heterocycles. The van der Waals surface area contributed by atoms with Gasteiger partial charge in [-0.15, -0.1) is 11.3 Å². The van der Waals surface area contributed by atoms with E-state index in [0.29, 0.717) is 5.92 Å². The van der Waals surface area contributed by atoms with Crippen molar-refractivity contribution in [3.63, 3.8) is 0 Å². The molecule has 0 aliphatic carbocycles. The van der Waals surface area contributed by atoms with Crippen LogP contribution in [0.3, 0.4) is 0 Å². The molecule has 1 N–H and O–H groups in total. The second-order valence-corrected chi connectivity index (χ2v) is 5.67. The van der Waals surface area contributed by atoms with E-state index >= 15 is 0 Å². The molecule has 0 spiro atoms. The number of methoxy groups -OCH3 is 1. The smallest absolute Gasteiger partial charge is 0.121 e. The molecule has 1 unspecified atom stereocenters. The third-order valence-corrected chi connectivity index (χ3v) is 4.38. The molecule has 0 radical (unpaired) electrons. The van der Waals surface area contributed by atoms with Gasteiger partial charge in [0.1, 0.15) is 5.75 Å². The molecule has 2 rings (SSSR count). The summed E-state index contributed by atoms with van der Waals surface area (Å²) in [5.74, 6) is 1.43. The molecule has 0 bridgehead atoms. The minimum Gasteiger partial charge on any atom is -0.496 e. The predicted octanol–water partition coefficient (Wildman–Crippen LogP) is 3.81. The van der Waals surface area contributed by atoms with Gasteiger partial charge in [0.25, 0.3) is 0 Å². The zero-order chi connectivity index (χ0) is 13.7. The molecule has 19 heavy (non-hydrogen) atoms. The monoisotopic (exact) mass is 275 g/mol. The summed E-state index contributed by atoms with van der Waals surface area (Å²) in [6.45, 7) is 3.12. The van der Waals surface area contributed by atoms with E-state index in [2.05, 4.69) is 48.0 Å². The largest absolute Gasteiger partial charge is 0.496 e. The highest BCUT2D eigenvalue weighted by atomic mass is 32.1. The van der Waals surface area contributed by atoms with Crippen molar-refractivity contribution >= 4 is 11.3 Å². The molecule has 0 saturated carbocycles. The molecule has 102 valence electrons. The van der Waals surface area contributed by atoms with E-state index in [0.717, 1.165) is 18.7 Å². The van der Waals surface area contributed by atoms with Crippen LogP contribution in [0, 0.1) is 6.92 Å². The summed E-state index contributed by atoms with van der Waals surface area (Å²) in [4.78, 5) is 1.43. The summed E-state index contributed by atoms with van der Waals surface area (Å²) in [5.41, 5.74) is 2.57. The second kappa shape index (κ2) is 6.73. The van der Waals surface area contributed by atoms with Gasteiger partial charge in [-0.1, -0.05) is 18.2 Å². The molecule has 1 atom stereocenters. The highest BCUT2D eigenvalue weighted by Crippen LogP contribution is 2.33. The third-order valence-electron chi connectivity index (χ3n) is 3.39. The Kier molecular flexibility index (Phi) is 5.00. The Hall–Kier alpha value is -1.32. The Morgan fingerprint density at radius 1 is 1.32 bits per heavy atom. The number of ether oxygens (including phenoxy) is 1. The summed E-state index contributed by atoms with van der Waals surface area (Å²) in [6.07, 6.45) is 1.11. The SMILES string of the molecule is CNCCC(c1ccc(OC)c(C)c1)c1cccs1. The van der Waals surface area contributed by atoms with Crippen molar-refractivity contribution in [2.45, 2.75) is 19.3 Å². The molecule has 0 fully saturated rings.